The van der Waals surface area contributed by atoms with Gasteiger partial charge in [-0.3, -0.25) is 9.69 Å². The van der Waals surface area contributed by atoms with Gasteiger partial charge in [-0.1, -0.05) is 35.9 Å². The standard InChI is InChI=1S/C22H27ClN2O2S/c1-27-20-9-7-18(8-10-20)21(25-11-2-3-12-25)14-24-22(26)16-28-15-17-5-4-6-19(23)13-17/h4-10,13,21H,2-3,11-12,14-16H2,1H3,(H,24,26). The van der Waals surface area contributed by atoms with Gasteiger partial charge in [0.25, 0.3) is 0 Å². The van der Waals surface area contributed by atoms with Crippen LogP contribution in [0.1, 0.15) is 30.0 Å². The molecule has 0 bridgehead atoms. The third-order valence-corrected chi connectivity index (χ3v) is 6.20. The van der Waals surface area contributed by atoms with Crippen molar-refractivity contribution >= 4 is 29.3 Å². The molecular formula is C22H27ClN2O2S. The highest BCUT2D eigenvalue weighted by molar-refractivity contribution is 7.99. The molecule has 0 spiro atoms. The van der Waals surface area contributed by atoms with Crippen molar-refractivity contribution in [3.63, 3.8) is 0 Å². The average molecular weight is 419 g/mol. The minimum atomic E-state index is 0.0738. The molecule has 1 N–H and O–H groups in total. The van der Waals surface area contributed by atoms with E-state index in [-0.39, 0.29) is 11.9 Å². The van der Waals surface area contributed by atoms with Gasteiger partial charge in [0.1, 0.15) is 5.75 Å². The summed E-state index contributed by atoms with van der Waals surface area (Å²) in [6, 6.07) is 16.2. The zero-order chi connectivity index (χ0) is 19.8. The van der Waals surface area contributed by atoms with Crippen molar-refractivity contribution in [3.05, 3.63) is 64.7 Å². The Morgan fingerprint density at radius 1 is 1.21 bits per heavy atom. The molecule has 2 aromatic rings. The molecule has 1 heterocycles. The quantitative estimate of drug-likeness (QED) is 0.649. The van der Waals surface area contributed by atoms with E-state index in [1.54, 1.807) is 18.9 Å². The maximum atomic E-state index is 12.4. The third-order valence-electron chi connectivity index (χ3n) is 4.97. The van der Waals surface area contributed by atoms with Crippen LogP contribution in [0, 0.1) is 0 Å². The van der Waals surface area contributed by atoms with Gasteiger partial charge >= 0.3 is 0 Å². The highest BCUT2D eigenvalue weighted by atomic mass is 35.5. The molecule has 1 saturated heterocycles. The van der Waals surface area contributed by atoms with Gasteiger partial charge in [0, 0.05) is 17.3 Å². The molecule has 0 radical (unpaired) electrons. The second-order valence-corrected chi connectivity index (χ2v) is 8.38. The molecule has 1 amide bonds. The Bertz CT molecular complexity index is 763. The highest BCUT2D eigenvalue weighted by Gasteiger charge is 2.24. The predicted molar refractivity (Wildman–Crippen MR) is 117 cm³/mol. The van der Waals surface area contributed by atoms with Crippen molar-refractivity contribution in [2.45, 2.75) is 24.6 Å². The fraction of sp³-hybridized carbons (Fsp3) is 0.409. The second kappa shape index (κ2) is 10.7. The van der Waals surface area contributed by atoms with Crippen LogP contribution >= 0.6 is 23.4 Å². The Kier molecular flexibility index (Phi) is 8.07. The third kappa shape index (κ3) is 6.16. The first-order valence-corrected chi connectivity index (χ1v) is 11.2. The lowest BCUT2D eigenvalue weighted by molar-refractivity contribution is -0.118. The van der Waals surface area contributed by atoms with E-state index in [2.05, 4.69) is 22.3 Å². The number of hydrogen-bond acceptors (Lipinski definition) is 4. The molecule has 1 atom stereocenters. The fourth-order valence-corrected chi connectivity index (χ4v) is 4.50. The summed E-state index contributed by atoms with van der Waals surface area (Å²) >= 11 is 7.62. The van der Waals surface area contributed by atoms with Gasteiger partial charge in [-0.2, -0.15) is 0 Å². The van der Waals surface area contributed by atoms with Crippen LogP contribution in [-0.2, 0) is 10.5 Å². The Morgan fingerprint density at radius 2 is 1.96 bits per heavy atom. The number of rotatable bonds is 9. The largest absolute Gasteiger partial charge is 0.497 e. The molecule has 4 nitrogen and oxygen atoms in total. The lowest BCUT2D eigenvalue weighted by Gasteiger charge is -2.28. The van der Waals surface area contributed by atoms with Crippen molar-refractivity contribution in [3.8, 4) is 5.75 Å². The van der Waals surface area contributed by atoms with Crippen molar-refractivity contribution in [2.24, 2.45) is 0 Å². The maximum absolute atomic E-state index is 12.4. The number of nitrogens with zero attached hydrogens (tertiary/aromatic N) is 1. The topological polar surface area (TPSA) is 41.6 Å². The summed E-state index contributed by atoms with van der Waals surface area (Å²) in [5.41, 5.74) is 2.35. The van der Waals surface area contributed by atoms with Crippen LogP contribution in [0.5, 0.6) is 5.75 Å². The Morgan fingerprint density at radius 3 is 2.64 bits per heavy atom. The van der Waals surface area contributed by atoms with Crippen LogP contribution in [0.4, 0.5) is 0 Å². The first-order valence-electron chi connectivity index (χ1n) is 9.62. The Balaban J connectivity index is 1.51. The molecule has 1 fully saturated rings. The molecule has 6 heteroatoms. The Labute approximate surface area is 176 Å². The lowest BCUT2D eigenvalue weighted by Crippen LogP contribution is -2.37. The minimum Gasteiger partial charge on any atom is -0.497 e. The smallest absolute Gasteiger partial charge is 0.230 e. The number of carbonyl (C=O) groups excluding carboxylic acids is 1. The monoisotopic (exact) mass is 418 g/mol. The van der Waals surface area contributed by atoms with Crippen LogP contribution in [0.2, 0.25) is 5.02 Å². The van der Waals surface area contributed by atoms with E-state index in [9.17, 15) is 4.79 Å². The van der Waals surface area contributed by atoms with Crippen LogP contribution in [0.25, 0.3) is 0 Å². The van der Waals surface area contributed by atoms with E-state index in [0.29, 0.717) is 12.3 Å². The SMILES string of the molecule is COc1ccc(C(CNC(=O)CSCc2cccc(Cl)c2)N2CCCC2)cc1. The van der Waals surface area contributed by atoms with Gasteiger partial charge in [0.05, 0.1) is 18.9 Å². The predicted octanol–water partition coefficient (Wildman–Crippen LogP) is 4.54. The number of benzene rings is 2. The van der Waals surface area contributed by atoms with E-state index < -0.39 is 0 Å². The normalized spacial score (nSPS) is 15.4. The van der Waals surface area contributed by atoms with E-state index in [1.807, 2.05) is 36.4 Å². The van der Waals surface area contributed by atoms with Gasteiger partial charge in [0.15, 0.2) is 0 Å². The summed E-state index contributed by atoms with van der Waals surface area (Å²) in [4.78, 5) is 14.8. The number of halogens is 1. The zero-order valence-corrected chi connectivity index (χ0v) is 17.8. The van der Waals surface area contributed by atoms with Crippen LogP contribution in [-0.4, -0.2) is 43.3 Å². The number of carbonyl (C=O) groups is 1. The van der Waals surface area contributed by atoms with E-state index >= 15 is 0 Å². The molecule has 0 aromatic heterocycles. The summed E-state index contributed by atoms with van der Waals surface area (Å²) < 4.78 is 5.27. The number of hydrogen-bond donors (Lipinski definition) is 1. The summed E-state index contributed by atoms with van der Waals surface area (Å²) in [6.07, 6.45) is 2.44. The van der Waals surface area contributed by atoms with E-state index in [4.69, 9.17) is 16.3 Å². The molecule has 2 aromatic carbocycles. The highest BCUT2D eigenvalue weighted by Crippen LogP contribution is 2.26. The average Bonchev–Trinajstić information content (AvgIpc) is 3.23. The second-order valence-electron chi connectivity index (χ2n) is 6.96. The zero-order valence-electron chi connectivity index (χ0n) is 16.2. The van der Waals surface area contributed by atoms with Gasteiger partial charge in [-0.15, -0.1) is 11.8 Å². The van der Waals surface area contributed by atoms with Crippen molar-refractivity contribution in [1.82, 2.24) is 10.2 Å². The maximum Gasteiger partial charge on any atom is 0.230 e. The number of ether oxygens (including phenoxy) is 1. The molecule has 0 saturated carbocycles. The molecule has 1 aliphatic rings. The molecule has 1 unspecified atom stereocenters. The van der Waals surface area contributed by atoms with Crippen LogP contribution in [0.15, 0.2) is 48.5 Å². The number of nitrogens with one attached hydrogen (secondary N) is 1. The van der Waals surface area contributed by atoms with Gasteiger partial charge in [-0.25, -0.2) is 0 Å². The minimum absolute atomic E-state index is 0.0738. The fourth-order valence-electron chi connectivity index (χ4n) is 3.49. The number of likely N-dealkylation sites (tertiary alicyclic amines) is 1. The summed E-state index contributed by atoms with van der Waals surface area (Å²) in [7, 11) is 1.67. The number of amides is 1. The van der Waals surface area contributed by atoms with Gasteiger partial charge in [0.2, 0.25) is 5.91 Å². The van der Waals surface area contributed by atoms with Crippen LogP contribution < -0.4 is 10.1 Å². The molecule has 1 aliphatic heterocycles. The van der Waals surface area contributed by atoms with Crippen molar-refractivity contribution < 1.29 is 9.53 Å². The summed E-state index contributed by atoms with van der Waals surface area (Å²) in [5.74, 6) is 2.15. The molecule has 3 rings (SSSR count). The van der Waals surface area contributed by atoms with E-state index in [0.717, 1.165) is 35.2 Å². The van der Waals surface area contributed by atoms with Crippen molar-refractivity contribution in [1.29, 1.82) is 0 Å². The number of methoxy groups -OCH3 is 1. The first-order chi connectivity index (χ1) is 13.7. The molecular weight excluding hydrogens is 392 g/mol. The summed E-state index contributed by atoms with van der Waals surface area (Å²) in [5, 5.41) is 3.86. The van der Waals surface area contributed by atoms with Gasteiger partial charge in [-0.05, 0) is 61.3 Å². The molecule has 0 aliphatic carbocycles. The first kappa shape index (κ1) is 21.0. The molecule has 28 heavy (non-hydrogen) atoms. The van der Waals surface area contributed by atoms with Gasteiger partial charge < -0.3 is 10.1 Å². The number of thioether (sulfide) groups is 1. The lowest BCUT2D eigenvalue weighted by atomic mass is 10.1. The summed E-state index contributed by atoms with van der Waals surface area (Å²) in [6.45, 7) is 2.79. The van der Waals surface area contributed by atoms with Crippen molar-refractivity contribution in [2.75, 3.05) is 32.5 Å². The van der Waals surface area contributed by atoms with E-state index in [1.165, 1.54) is 18.4 Å². The molecule has 150 valence electrons. The Hall–Kier alpha value is -1.69. The van der Waals surface area contributed by atoms with Crippen LogP contribution in [0.3, 0.4) is 0 Å².